The van der Waals surface area contributed by atoms with Crippen LogP contribution in [0, 0.1) is 0 Å². The predicted octanol–water partition coefficient (Wildman–Crippen LogP) is 2.47. The summed E-state index contributed by atoms with van der Waals surface area (Å²) >= 11 is 0. The summed E-state index contributed by atoms with van der Waals surface area (Å²) < 4.78 is 0. The summed E-state index contributed by atoms with van der Waals surface area (Å²) in [6.07, 6.45) is 5.85. The zero-order chi connectivity index (χ0) is 13.5. The van der Waals surface area contributed by atoms with E-state index in [1.54, 1.807) is 0 Å². The lowest BCUT2D eigenvalue weighted by Crippen LogP contribution is -2.27. The molecule has 0 amide bonds. The van der Waals surface area contributed by atoms with Crippen LogP contribution in [0.1, 0.15) is 19.3 Å². The number of nitrogens with one attached hydrogen (secondary N) is 1. The second-order valence-electron chi connectivity index (χ2n) is 5.96. The summed E-state index contributed by atoms with van der Waals surface area (Å²) in [6, 6.07) is 9.46. The van der Waals surface area contributed by atoms with Crippen molar-refractivity contribution in [2.45, 2.75) is 31.3 Å². The van der Waals surface area contributed by atoms with Crippen molar-refractivity contribution >= 4 is 22.3 Å². The summed E-state index contributed by atoms with van der Waals surface area (Å²) in [5.74, 6) is 0. The zero-order valence-electron chi connectivity index (χ0n) is 11.5. The number of hydrogen-bond donors (Lipinski definition) is 2. The van der Waals surface area contributed by atoms with Gasteiger partial charge in [0.25, 0.3) is 0 Å². The maximum atomic E-state index is 6.00. The quantitative estimate of drug-likeness (QED) is 0.840. The van der Waals surface area contributed by atoms with Gasteiger partial charge in [-0.2, -0.15) is 0 Å². The van der Waals surface area contributed by atoms with Crippen molar-refractivity contribution in [2.75, 3.05) is 24.1 Å². The van der Waals surface area contributed by atoms with Crippen LogP contribution in [0.15, 0.2) is 30.5 Å². The van der Waals surface area contributed by atoms with Crippen LogP contribution in [0.3, 0.4) is 0 Å². The van der Waals surface area contributed by atoms with Gasteiger partial charge in [-0.15, -0.1) is 0 Å². The van der Waals surface area contributed by atoms with Crippen LogP contribution < -0.4 is 11.1 Å². The average molecular weight is 268 g/mol. The molecule has 1 aliphatic carbocycles. The van der Waals surface area contributed by atoms with Crippen molar-refractivity contribution in [1.29, 1.82) is 0 Å². The Labute approximate surface area is 119 Å². The standard InChI is InChI=1S/C16H20N4/c17-14-3-1-2-13-15(6-8-18-16(13)14)19-11-7-9-20(10-11)12-4-5-12/h1-3,6,8,11-12H,4-5,7,9-10,17H2,(H,18,19). The molecule has 1 atom stereocenters. The molecule has 1 saturated heterocycles. The molecule has 4 rings (SSSR count). The Balaban J connectivity index is 1.58. The van der Waals surface area contributed by atoms with Crippen LogP contribution in [-0.4, -0.2) is 35.1 Å². The van der Waals surface area contributed by atoms with Gasteiger partial charge in [0.15, 0.2) is 0 Å². The molecule has 1 aromatic heterocycles. The molecular weight excluding hydrogens is 248 g/mol. The number of para-hydroxylation sites is 1. The van der Waals surface area contributed by atoms with E-state index in [2.05, 4.69) is 27.3 Å². The lowest BCUT2D eigenvalue weighted by atomic mass is 10.1. The Kier molecular flexibility index (Phi) is 2.77. The molecule has 2 aromatic rings. The van der Waals surface area contributed by atoms with Crippen molar-refractivity contribution in [3.63, 3.8) is 0 Å². The van der Waals surface area contributed by atoms with Crippen molar-refractivity contribution in [1.82, 2.24) is 9.88 Å². The predicted molar refractivity (Wildman–Crippen MR) is 82.8 cm³/mol. The molecule has 2 aliphatic rings. The number of aromatic nitrogens is 1. The van der Waals surface area contributed by atoms with E-state index >= 15 is 0 Å². The number of nitrogen functional groups attached to an aromatic ring is 1. The molecule has 2 heterocycles. The molecule has 1 saturated carbocycles. The normalized spacial score (nSPS) is 23.3. The lowest BCUT2D eigenvalue weighted by molar-refractivity contribution is 0.326. The van der Waals surface area contributed by atoms with Crippen molar-refractivity contribution in [3.05, 3.63) is 30.5 Å². The molecule has 1 aromatic carbocycles. The maximum absolute atomic E-state index is 6.00. The van der Waals surface area contributed by atoms with E-state index < -0.39 is 0 Å². The second-order valence-corrected chi connectivity index (χ2v) is 5.96. The fourth-order valence-corrected chi connectivity index (χ4v) is 3.22. The largest absolute Gasteiger partial charge is 0.397 e. The third kappa shape index (κ3) is 2.10. The van der Waals surface area contributed by atoms with Crippen molar-refractivity contribution in [2.24, 2.45) is 0 Å². The van der Waals surface area contributed by atoms with E-state index in [1.165, 1.54) is 25.8 Å². The van der Waals surface area contributed by atoms with Gasteiger partial charge < -0.3 is 11.1 Å². The highest BCUT2D eigenvalue weighted by atomic mass is 15.2. The number of hydrogen-bond acceptors (Lipinski definition) is 4. The van der Waals surface area contributed by atoms with Crippen molar-refractivity contribution in [3.8, 4) is 0 Å². The first-order valence-corrected chi connectivity index (χ1v) is 7.45. The Morgan fingerprint density at radius 1 is 1.20 bits per heavy atom. The highest BCUT2D eigenvalue weighted by Gasteiger charge is 2.34. The van der Waals surface area contributed by atoms with Crippen LogP contribution in [0.2, 0.25) is 0 Å². The summed E-state index contributed by atoms with van der Waals surface area (Å²) in [7, 11) is 0. The molecule has 4 heteroatoms. The Bertz CT molecular complexity index is 635. The molecule has 0 spiro atoms. The number of anilines is 2. The van der Waals surface area contributed by atoms with Gasteiger partial charge in [-0.1, -0.05) is 12.1 Å². The van der Waals surface area contributed by atoms with Crippen LogP contribution >= 0.6 is 0 Å². The topological polar surface area (TPSA) is 54.2 Å². The zero-order valence-corrected chi connectivity index (χ0v) is 11.5. The summed E-state index contributed by atoms with van der Waals surface area (Å²) in [6.45, 7) is 2.39. The highest BCUT2D eigenvalue weighted by molar-refractivity contribution is 5.97. The number of nitrogens with two attached hydrogens (primary N) is 1. The van der Waals surface area contributed by atoms with Gasteiger partial charge in [-0.05, 0) is 31.4 Å². The van der Waals surface area contributed by atoms with Crippen LogP contribution in [0.5, 0.6) is 0 Å². The summed E-state index contributed by atoms with van der Waals surface area (Å²) in [5, 5.41) is 4.81. The Morgan fingerprint density at radius 3 is 2.95 bits per heavy atom. The third-order valence-corrected chi connectivity index (χ3v) is 4.44. The van der Waals surface area contributed by atoms with Gasteiger partial charge in [-0.25, -0.2) is 0 Å². The molecule has 104 valence electrons. The number of likely N-dealkylation sites (tertiary alicyclic amines) is 1. The fraction of sp³-hybridized carbons (Fsp3) is 0.438. The van der Waals surface area contributed by atoms with E-state index in [0.717, 1.165) is 34.9 Å². The van der Waals surface area contributed by atoms with Gasteiger partial charge >= 0.3 is 0 Å². The molecule has 0 bridgehead atoms. The molecule has 20 heavy (non-hydrogen) atoms. The van der Waals surface area contributed by atoms with E-state index in [4.69, 9.17) is 5.73 Å². The fourth-order valence-electron chi connectivity index (χ4n) is 3.22. The molecule has 3 N–H and O–H groups in total. The summed E-state index contributed by atoms with van der Waals surface area (Å²) in [4.78, 5) is 7.01. The SMILES string of the molecule is Nc1cccc2c(NC3CCN(C4CC4)C3)ccnc12. The molecule has 4 nitrogen and oxygen atoms in total. The number of nitrogens with zero attached hydrogens (tertiary/aromatic N) is 2. The maximum Gasteiger partial charge on any atom is 0.0951 e. The van der Waals surface area contributed by atoms with Gasteiger partial charge in [-0.3, -0.25) is 9.88 Å². The molecule has 2 fully saturated rings. The minimum atomic E-state index is 0.544. The van der Waals surface area contributed by atoms with Crippen LogP contribution in [0.4, 0.5) is 11.4 Å². The van der Waals surface area contributed by atoms with E-state index in [-0.39, 0.29) is 0 Å². The first-order chi connectivity index (χ1) is 9.81. The molecular formula is C16H20N4. The van der Waals surface area contributed by atoms with Crippen LogP contribution in [0.25, 0.3) is 10.9 Å². The molecule has 1 unspecified atom stereocenters. The minimum absolute atomic E-state index is 0.544. The number of pyridine rings is 1. The Morgan fingerprint density at radius 2 is 2.10 bits per heavy atom. The highest BCUT2D eigenvalue weighted by Crippen LogP contribution is 2.32. The van der Waals surface area contributed by atoms with Gasteiger partial charge in [0.1, 0.15) is 0 Å². The van der Waals surface area contributed by atoms with Crippen LogP contribution in [-0.2, 0) is 0 Å². The van der Waals surface area contributed by atoms with Gasteiger partial charge in [0.2, 0.25) is 0 Å². The molecule has 0 radical (unpaired) electrons. The van der Waals surface area contributed by atoms with Gasteiger partial charge in [0.05, 0.1) is 11.2 Å². The summed E-state index contributed by atoms with van der Waals surface area (Å²) in [5.41, 5.74) is 8.81. The number of benzene rings is 1. The lowest BCUT2D eigenvalue weighted by Gasteiger charge is -2.18. The van der Waals surface area contributed by atoms with E-state index in [9.17, 15) is 0 Å². The number of fused-ring (bicyclic) bond motifs is 1. The monoisotopic (exact) mass is 268 g/mol. The first-order valence-electron chi connectivity index (χ1n) is 7.45. The smallest absolute Gasteiger partial charge is 0.0951 e. The third-order valence-electron chi connectivity index (χ3n) is 4.44. The van der Waals surface area contributed by atoms with E-state index in [1.807, 2.05) is 18.3 Å². The Hall–Kier alpha value is -1.81. The average Bonchev–Trinajstić information content (AvgIpc) is 3.21. The van der Waals surface area contributed by atoms with Crippen molar-refractivity contribution < 1.29 is 0 Å². The van der Waals surface area contributed by atoms with Gasteiger partial charge in [0, 0.05) is 42.4 Å². The first kappa shape index (κ1) is 12.0. The number of rotatable bonds is 3. The minimum Gasteiger partial charge on any atom is -0.397 e. The second kappa shape index (κ2) is 4.63. The van der Waals surface area contributed by atoms with E-state index in [0.29, 0.717) is 6.04 Å². The molecule has 1 aliphatic heterocycles.